The number of amides is 1. The van der Waals surface area contributed by atoms with Gasteiger partial charge in [-0.1, -0.05) is 24.3 Å². The number of benzene rings is 2. The monoisotopic (exact) mass is 366 g/mol. The van der Waals surface area contributed by atoms with Crippen molar-refractivity contribution in [2.75, 3.05) is 32.9 Å². The number of nitrogens with zero attached hydrogens (tertiary/aromatic N) is 2. The summed E-state index contributed by atoms with van der Waals surface area (Å²) in [7, 11) is 0. The standard InChI is InChI=1S/C21H19FN2O3/c22-19-5-3-17(4-6-19)18(14-23)13-16-1-7-20(8-2-16)27-15-21(25)24-9-11-26-12-10-24/h1-8,13H,9-12,15H2. The zero-order chi connectivity index (χ0) is 19.1. The van der Waals surface area contributed by atoms with Gasteiger partial charge in [0.05, 0.1) is 24.9 Å². The Morgan fingerprint density at radius 3 is 2.44 bits per heavy atom. The molecule has 1 saturated heterocycles. The Morgan fingerprint density at radius 1 is 1.15 bits per heavy atom. The van der Waals surface area contributed by atoms with Crippen LogP contribution in [0, 0.1) is 17.1 Å². The number of halogens is 1. The van der Waals surface area contributed by atoms with E-state index in [0.717, 1.165) is 5.56 Å². The topological polar surface area (TPSA) is 62.6 Å². The van der Waals surface area contributed by atoms with Gasteiger partial charge < -0.3 is 14.4 Å². The first-order valence-electron chi connectivity index (χ1n) is 8.62. The highest BCUT2D eigenvalue weighted by atomic mass is 19.1. The van der Waals surface area contributed by atoms with E-state index in [2.05, 4.69) is 6.07 Å². The smallest absolute Gasteiger partial charge is 0.260 e. The van der Waals surface area contributed by atoms with E-state index in [9.17, 15) is 14.4 Å². The average Bonchev–Trinajstić information content (AvgIpc) is 2.72. The number of nitriles is 1. The van der Waals surface area contributed by atoms with Crippen LogP contribution in [0.3, 0.4) is 0 Å². The number of allylic oxidation sites excluding steroid dienone is 1. The highest BCUT2D eigenvalue weighted by Crippen LogP contribution is 2.20. The maximum atomic E-state index is 13.0. The van der Waals surface area contributed by atoms with Crippen LogP contribution in [0.2, 0.25) is 0 Å². The minimum atomic E-state index is -0.343. The first kappa shape index (κ1) is 18.6. The maximum absolute atomic E-state index is 13.0. The second-order valence-electron chi connectivity index (χ2n) is 6.03. The Balaban J connectivity index is 1.61. The van der Waals surface area contributed by atoms with Crippen molar-refractivity contribution >= 4 is 17.6 Å². The van der Waals surface area contributed by atoms with Crippen molar-refractivity contribution in [3.05, 3.63) is 65.5 Å². The van der Waals surface area contributed by atoms with Crippen molar-refractivity contribution in [1.29, 1.82) is 5.26 Å². The van der Waals surface area contributed by atoms with Gasteiger partial charge in [0.1, 0.15) is 11.6 Å². The summed E-state index contributed by atoms with van der Waals surface area (Å²) in [6, 6.07) is 15.0. The molecule has 1 fully saturated rings. The highest BCUT2D eigenvalue weighted by Gasteiger charge is 2.17. The van der Waals surface area contributed by atoms with Crippen molar-refractivity contribution in [3.63, 3.8) is 0 Å². The fourth-order valence-electron chi connectivity index (χ4n) is 2.69. The molecule has 0 aliphatic carbocycles. The van der Waals surface area contributed by atoms with E-state index >= 15 is 0 Å². The zero-order valence-electron chi connectivity index (χ0n) is 14.7. The third-order valence-electron chi connectivity index (χ3n) is 4.19. The molecule has 2 aromatic rings. The number of hydrogen-bond donors (Lipinski definition) is 0. The minimum Gasteiger partial charge on any atom is -0.484 e. The van der Waals surface area contributed by atoms with E-state index in [-0.39, 0.29) is 18.3 Å². The molecule has 138 valence electrons. The van der Waals surface area contributed by atoms with Crippen LogP contribution in [-0.2, 0) is 9.53 Å². The van der Waals surface area contributed by atoms with Gasteiger partial charge in [0, 0.05) is 13.1 Å². The van der Waals surface area contributed by atoms with E-state index in [1.165, 1.54) is 12.1 Å². The predicted molar refractivity (Wildman–Crippen MR) is 99.2 cm³/mol. The molecule has 0 bridgehead atoms. The molecule has 1 aliphatic rings. The number of hydrogen-bond acceptors (Lipinski definition) is 4. The Bertz CT molecular complexity index is 848. The van der Waals surface area contributed by atoms with Crippen molar-refractivity contribution in [2.45, 2.75) is 0 Å². The van der Waals surface area contributed by atoms with E-state index in [0.29, 0.717) is 43.2 Å². The van der Waals surface area contributed by atoms with E-state index in [4.69, 9.17) is 9.47 Å². The summed E-state index contributed by atoms with van der Waals surface area (Å²) in [5, 5.41) is 9.35. The van der Waals surface area contributed by atoms with Crippen molar-refractivity contribution in [1.82, 2.24) is 4.90 Å². The van der Waals surface area contributed by atoms with Gasteiger partial charge in [0.25, 0.3) is 5.91 Å². The molecule has 2 aromatic carbocycles. The van der Waals surface area contributed by atoms with Crippen LogP contribution in [-0.4, -0.2) is 43.7 Å². The van der Waals surface area contributed by atoms with Gasteiger partial charge in [-0.15, -0.1) is 0 Å². The lowest BCUT2D eigenvalue weighted by Gasteiger charge is -2.26. The molecule has 0 radical (unpaired) electrons. The van der Waals surface area contributed by atoms with Gasteiger partial charge in [-0.25, -0.2) is 4.39 Å². The lowest BCUT2D eigenvalue weighted by Crippen LogP contribution is -2.42. The van der Waals surface area contributed by atoms with Crippen molar-refractivity contribution in [3.8, 4) is 11.8 Å². The molecular weight excluding hydrogens is 347 g/mol. The summed E-state index contributed by atoms with van der Waals surface area (Å²) in [6.45, 7) is 2.27. The molecule has 0 aromatic heterocycles. The van der Waals surface area contributed by atoms with Crippen LogP contribution < -0.4 is 4.74 Å². The second kappa shape index (κ2) is 8.97. The quantitative estimate of drug-likeness (QED) is 0.602. The summed E-state index contributed by atoms with van der Waals surface area (Å²) in [5.41, 5.74) is 1.89. The lowest BCUT2D eigenvalue weighted by atomic mass is 10.0. The van der Waals surface area contributed by atoms with Crippen LogP contribution in [0.1, 0.15) is 11.1 Å². The molecule has 0 unspecified atom stereocenters. The van der Waals surface area contributed by atoms with Crippen molar-refractivity contribution < 1.29 is 18.7 Å². The molecule has 0 N–H and O–H groups in total. The summed E-state index contributed by atoms with van der Waals surface area (Å²) < 4.78 is 23.8. The SMILES string of the molecule is N#CC(=Cc1ccc(OCC(=O)N2CCOCC2)cc1)c1ccc(F)cc1. The molecule has 0 atom stereocenters. The number of morpholine rings is 1. The first-order chi connectivity index (χ1) is 13.2. The zero-order valence-corrected chi connectivity index (χ0v) is 14.7. The Morgan fingerprint density at radius 2 is 1.81 bits per heavy atom. The number of ether oxygens (including phenoxy) is 2. The third-order valence-corrected chi connectivity index (χ3v) is 4.19. The van der Waals surface area contributed by atoms with Gasteiger partial charge in [-0.3, -0.25) is 4.79 Å². The third kappa shape index (κ3) is 5.16. The summed E-state index contributed by atoms with van der Waals surface area (Å²) in [5.74, 6) is 0.170. The van der Waals surface area contributed by atoms with Crippen LogP contribution >= 0.6 is 0 Å². The molecule has 0 spiro atoms. The summed E-state index contributed by atoms with van der Waals surface area (Å²) >= 11 is 0. The van der Waals surface area contributed by atoms with Gasteiger partial charge in [-0.05, 0) is 41.5 Å². The van der Waals surface area contributed by atoms with Crippen LogP contribution in [0.15, 0.2) is 48.5 Å². The molecule has 1 amide bonds. The molecule has 27 heavy (non-hydrogen) atoms. The fraction of sp³-hybridized carbons (Fsp3) is 0.238. The van der Waals surface area contributed by atoms with E-state index in [1.807, 2.05) is 0 Å². The number of carbonyl (C=O) groups excluding carboxylic acids is 1. The molecule has 1 heterocycles. The van der Waals surface area contributed by atoms with Gasteiger partial charge >= 0.3 is 0 Å². The molecule has 0 saturated carbocycles. The lowest BCUT2D eigenvalue weighted by molar-refractivity contribution is -0.137. The Hall–Kier alpha value is -3.17. The summed E-state index contributed by atoms with van der Waals surface area (Å²) in [6.07, 6.45) is 1.72. The van der Waals surface area contributed by atoms with Crippen LogP contribution in [0.4, 0.5) is 4.39 Å². The molecule has 1 aliphatic heterocycles. The Labute approximate surface area is 157 Å². The molecule has 5 nitrogen and oxygen atoms in total. The highest BCUT2D eigenvalue weighted by molar-refractivity contribution is 5.89. The minimum absolute atomic E-state index is 0.0196. The first-order valence-corrected chi connectivity index (χ1v) is 8.62. The second-order valence-corrected chi connectivity index (χ2v) is 6.03. The largest absolute Gasteiger partial charge is 0.484 e. The number of carbonyl (C=O) groups is 1. The normalized spacial score (nSPS) is 14.5. The predicted octanol–water partition coefficient (Wildman–Crippen LogP) is 3.13. The summed E-state index contributed by atoms with van der Waals surface area (Å²) in [4.78, 5) is 13.8. The molecule has 6 heteroatoms. The van der Waals surface area contributed by atoms with Gasteiger partial charge in [-0.2, -0.15) is 5.26 Å². The number of rotatable bonds is 5. The van der Waals surface area contributed by atoms with Gasteiger partial charge in [0.2, 0.25) is 0 Å². The Kier molecular flexibility index (Phi) is 6.18. The fourth-order valence-corrected chi connectivity index (χ4v) is 2.69. The van der Waals surface area contributed by atoms with Crippen LogP contribution in [0.5, 0.6) is 5.75 Å². The average molecular weight is 366 g/mol. The van der Waals surface area contributed by atoms with Crippen LogP contribution in [0.25, 0.3) is 11.6 Å². The van der Waals surface area contributed by atoms with E-state index < -0.39 is 0 Å². The van der Waals surface area contributed by atoms with E-state index in [1.54, 1.807) is 47.4 Å². The molecular formula is C21H19FN2O3. The molecule has 3 rings (SSSR count). The van der Waals surface area contributed by atoms with Gasteiger partial charge in [0.15, 0.2) is 6.61 Å². The van der Waals surface area contributed by atoms with Crippen molar-refractivity contribution in [2.24, 2.45) is 0 Å². The maximum Gasteiger partial charge on any atom is 0.260 e.